The van der Waals surface area contributed by atoms with Gasteiger partial charge in [-0.2, -0.15) is 0 Å². The number of aliphatic hydroxyl groups excluding tert-OH is 3. The average Bonchev–Trinajstić information content (AvgIpc) is 3.14. The maximum atomic E-state index is 12.4. The molecule has 0 aromatic rings. The predicted molar refractivity (Wildman–Crippen MR) is 227 cm³/mol. The molecule has 4 N–H and O–H groups in total. The van der Waals surface area contributed by atoms with E-state index in [1.807, 2.05) is 0 Å². The Morgan fingerprint density at radius 2 is 0.769 bits per heavy atom. The van der Waals surface area contributed by atoms with Crippen LogP contribution in [0.3, 0.4) is 0 Å². The van der Waals surface area contributed by atoms with Gasteiger partial charge in [-0.1, -0.05) is 225 Å². The van der Waals surface area contributed by atoms with Crippen LogP contribution < -0.4 is 5.32 Å². The zero-order valence-electron chi connectivity index (χ0n) is 35.2. The molecule has 0 aliphatic heterocycles. The van der Waals surface area contributed by atoms with Gasteiger partial charge in [0.15, 0.2) is 0 Å². The molecule has 0 bridgehead atoms. The summed E-state index contributed by atoms with van der Waals surface area (Å²) in [7, 11) is 0. The van der Waals surface area contributed by atoms with Crippen LogP contribution in [0.2, 0.25) is 0 Å². The smallest absolute Gasteiger partial charge is 0.222 e. The Morgan fingerprint density at radius 3 is 1.12 bits per heavy atom. The lowest BCUT2D eigenvalue weighted by molar-refractivity contribution is -0.125. The van der Waals surface area contributed by atoms with E-state index >= 15 is 0 Å². The van der Waals surface area contributed by atoms with E-state index in [1.54, 1.807) is 0 Å². The zero-order chi connectivity index (χ0) is 38.0. The van der Waals surface area contributed by atoms with E-state index in [-0.39, 0.29) is 18.9 Å². The summed E-state index contributed by atoms with van der Waals surface area (Å²) in [4.78, 5) is 12.4. The van der Waals surface area contributed by atoms with E-state index in [9.17, 15) is 20.1 Å². The second-order valence-electron chi connectivity index (χ2n) is 16.4. The summed E-state index contributed by atoms with van der Waals surface area (Å²) in [5, 5.41) is 33.3. The van der Waals surface area contributed by atoms with Gasteiger partial charge in [0.1, 0.15) is 0 Å². The molecular weight excluding hydrogens is 643 g/mol. The van der Waals surface area contributed by atoms with Gasteiger partial charge in [-0.15, -0.1) is 0 Å². The largest absolute Gasteiger partial charge is 0.394 e. The van der Waals surface area contributed by atoms with Crippen LogP contribution in [-0.4, -0.2) is 46.1 Å². The van der Waals surface area contributed by atoms with Crippen molar-refractivity contribution in [3.8, 4) is 0 Å². The minimum absolute atomic E-state index is 0.0391. The first kappa shape index (κ1) is 51.1. The Kier molecular flexibility index (Phi) is 42.1. The van der Waals surface area contributed by atoms with Crippen LogP contribution in [0.1, 0.15) is 258 Å². The van der Waals surface area contributed by atoms with Crippen LogP contribution >= 0.6 is 0 Å². The lowest BCUT2D eigenvalue weighted by Crippen LogP contribution is -2.46. The van der Waals surface area contributed by atoms with Crippen LogP contribution in [0.15, 0.2) is 12.2 Å². The SMILES string of the molecule is CCCCCCCCCCCCCC/C=C\CCCCCCCCCCCCCCC(O)CC(=O)NC(CO)C(O)CCCCCCCCCCC. The number of carbonyl (C=O) groups excluding carboxylic acids is 1. The molecule has 0 aliphatic rings. The fraction of sp³-hybridized carbons (Fsp3) is 0.936. The van der Waals surface area contributed by atoms with Crippen LogP contribution in [0, 0.1) is 0 Å². The molecule has 0 radical (unpaired) electrons. The maximum absolute atomic E-state index is 12.4. The molecule has 310 valence electrons. The van der Waals surface area contributed by atoms with E-state index in [4.69, 9.17) is 0 Å². The van der Waals surface area contributed by atoms with Crippen molar-refractivity contribution >= 4 is 5.91 Å². The predicted octanol–water partition coefficient (Wildman–Crippen LogP) is 13.6. The molecule has 0 saturated heterocycles. The van der Waals surface area contributed by atoms with Gasteiger partial charge in [-0.3, -0.25) is 4.79 Å². The second-order valence-corrected chi connectivity index (χ2v) is 16.4. The van der Waals surface area contributed by atoms with E-state index in [1.165, 1.54) is 199 Å². The summed E-state index contributed by atoms with van der Waals surface area (Å²) in [6, 6.07) is -0.653. The number of carbonyl (C=O) groups is 1. The minimum atomic E-state index is -0.744. The Bertz CT molecular complexity index is 728. The van der Waals surface area contributed by atoms with Crippen molar-refractivity contribution in [2.24, 2.45) is 0 Å². The summed E-state index contributed by atoms with van der Waals surface area (Å²) in [6.45, 7) is 4.25. The lowest BCUT2D eigenvalue weighted by Gasteiger charge is -2.23. The Morgan fingerprint density at radius 1 is 0.462 bits per heavy atom. The number of allylic oxidation sites excluding steroid dienone is 2. The molecule has 5 nitrogen and oxygen atoms in total. The number of unbranched alkanes of at least 4 members (excludes halogenated alkanes) is 32. The summed E-state index contributed by atoms with van der Waals surface area (Å²) >= 11 is 0. The highest BCUT2D eigenvalue weighted by atomic mass is 16.3. The van der Waals surface area contributed by atoms with Crippen molar-refractivity contribution in [1.82, 2.24) is 5.32 Å². The highest BCUT2D eigenvalue weighted by Gasteiger charge is 2.21. The molecule has 0 fully saturated rings. The van der Waals surface area contributed by atoms with Crippen molar-refractivity contribution in [3.05, 3.63) is 12.2 Å². The fourth-order valence-corrected chi connectivity index (χ4v) is 7.46. The van der Waals surface area contributed by atoms with E-state index in [0.29, 0.717) is 12.8 Å². The van der Waals surface area contributed by atoms with Gasteiger partial charge in [0.2, 0.25) is 5.91 Å². The van der Waals surface area contributed by atoms with Gasteiger partial charge >= 0.3 is 0 Å². The summed E-state index contributed by atoms with van der Waals surface area (Å²) in [5.74, 6) is -0.283. The van der Waals surface area contributed by atoms with Crippen LogP contribution in [0.25, 0.3) is 0 Å². The molecule has 0 saturated carbocycles. The van der Waals surface area contributed by atoms with Crippen LogP contribution in [0.5, 0.6) is 0 Å². The third-order valence-corrected chi connectivity index (χ3v) is 11.1. The van der Waals surface area contributed by atoms with Crippen molar-refractivity contribution in [2.75, 3.05) is 6.61 Å². The Hall–Kier alpha value is -0.910. The molecule has 0 heterocycles. The monoisotopic (exact) mass is 736 g/mol. The summed E-state index contributed by atoms with van der Waals surface area (Å²) < 4.78 is 0. The fourth-order valence-electron chi connectivity index (χ4n) is 7.46. The van der Waals surface area contributed by atoms with Crippen LogP contribution in [0.4, 0.5) is 0 Å². The van der Waals surface area contributed by atoms with Crippen LogP contribution in [-0.2, 0) is 4.79 Å². The van der Waals surface area contributed by atoms with Gasteiger partial charge in [0.25, 0.3) is 0 Å². The highest BCUT2D eigenvalue weighted by Crippen LogP contribution is 2.16. The molecule has 0 aliphatic carbocycles. The normalized spacial score (nSPS) is 13.6. The van der Waals surface area contributed by atoms with Crippen molar-refractivity contribution in [1.29, 1.82) is 0 Å². The molecule has 0 spiro atoms. The molecule has 1 amide bonds. The van der Waals surface area contributed by atoms with Crippen molar-refractivity contribution in [3.63, 3.8) is 0 Å². The first-order valence-corrected chi connectivity index (χ1v) is 23.5. The first-order valence-electron chi connectivity index (χ1n) is 23.5. The van der Waals surface area contributed by atoms with Crippen molar-refractivity contribution in [2.45, 2.75) is 276 Å². The number of amides is 1. The molecule has 0 aromatic heterocycles. The number of rotatable bonds is 43. The molecule has 0 rings (SSSR count). The molecule has 3 atom stereocenters. The molecule has 3 unspecified atom stereocenters. The number of nitrogens with one attached hydrogen (secondary N) is 1. The maximum Gasteiger partial charge on any atom is 0.222 e. The van der Waals surface area contributed by atoms with Gasteiger partial charge in [-0.25, -0.2) is 0 Å². The second kappa shape index (κ2) is 42.8. The zero-order valence-corrected chi connectivity index (χ0v) is 35.2. The minimum Gasteiger partial charge on any atom is -0.394 e. The number of aliphatic hydroxyl groups is 3. The number of hydrogen-bond donors (Lipinski definition) is 4. The average molecular weight is 736 g/mol. The van der Waals surface area contributed by atoms with E-state index < -0.39 is 18.2 Å². The van der Waals surface area contributed by atoms with Gasteiger partial charge in [0.05, 0.1) is 31.3 Å². The lowest BCUT2D eigenvalue weighted by atomic mass is 10.0. The number of hydrogen-bond acceptors (Lipinski definition) is 4. The first-order chi connectivity index (χ1) is 25.5. The van der Waals surface area contributed by atoms with Gasteiger partial charge in [0, 0.05) is 0 Å². The Labute approximate surface area is 325 Å². The summed E-state index contributed by atoms with van der Waals surface area (Å²) in [6.07, 6.45) is 50.7. The summed E-state index contributed by atoms with van der Waals surface area (Å²) in [5.41, 5.74) is 0. The van der Waals surface area contributed by atoms with Gasteiger partial charge in [-0.05, 0) is 38.5 Å². The standard InChI is InChI=1S/C47H93NO4/c1-3-5-7-9-11-13-14-15-16-17-18-19-20-21-22-23-24-25-26-27-28-29-30-31-33-34-36-38-40-44(50)42-47(52)48-45(43-49)46(51)41-39-37-35-32-12-10-8-6-4-2/h21-22,44-46,49-51H,3-20,23-43H2,1-2H3,(H,48,52)/b22-21-. The molecular formula is C47H93NO4. The van der Waals surface area contributed by atoms with E-state index in [0.717, 1.165) is 25.7 Å². The molecule has 0 aromatic carbocycles. The quantitative estimate of drug-likeness (QED) is 0.0371. The Balaban J connectivity index is 3.48. The molecule has 52 heavy (non-hydrogen) atoms. The highest BCUT2D eigenvalue weighted by molar-refractivity contribution is 5.76. The topological polar surface area (TPSA) is 89.8 Å². The third-order valence-electron chi connectivity index (χ3n) is 11.1. The third kappa shape index (κ3) is 38.8. The molecule has 5 heteroatoms. The van der Waals surface area contributed by atoms with Crippen molar-refractivity contribution < 1.29 is 20.1 Å². The van der Waals surface area contributed by atoms with E-state index in [2.05, 4.69) is 31.3 Å². The van der Waals surface area contributed by atoms with Gasteiger partial charge < -0.3 is 20.6 Å².